The van der Waals surface area contributed by atoms with Gasteiger partial charge in [0.2, 0.25) is 0 Å². The number of hydrogen-bond donors (Lipinski definition) is 3. The first-order valence-electron chi connectivity index (χ1n) is 6.17. The van der Waals surface area contributed by atoms with Crippen molar-refractivity contribution in [3.05, 3.63) is 35.4 Å². The van der Waals surface area contributed by atoms with Crippen molar-refractivity contribution in [2.24, 2.45) is 0 Å². The van der Waals surface area contributed by atoms with Crippen LogP contribution in [-0.2, 0) is 20.5 Å². The summed E-state index contributed by atoms with van der Waals surface area (Å²) in [6, 6.07) is 5.29. The first kappa shape index (κ1) is 17.9. The Morgan fingerprint density at radius 2 is 1.86 bits per heavy atom. The van der Waals surface area contributed by atoms with E-state index in [9.17, 15) is 13.2 Å². The molecule has 6 nitrogen and oxygen atoms in total. The largest absolute Gasteiger partial charge is 0.473 e. The van der Waals surface area contributed by atoms with E-state index in [1.807, 2.05) is 0 Å². The lowest BCUT2D eigenvalue weighted by Gasteiger charge is -2.24. The molecule has 1 heterocycles. The van der Waals surface area contributed by atoms with Crippen LogP contribution in [0.4, 0.5) is 13.2 Å². The lowest BCUT2D eigenvalue weighted by atomic mass is 10.0. The molecule has 9 heteroatoms. The minimum Gasteiger partial charge on any atom is -0.473 e. The molecule has 22 heavy (non-hydrogen) atoms. The Morgan fingerprint density at radius 3 is 2.32 bits per heavy atom. The maximum Gasteiger partial charge on any atom is 0.416 e. The Hall–Kier alpha value is -2.13. The fourth-order valence-corrected chi connectivity index (χ4v) is 1.69. The van der Waals surface area contributed by atoms with E-state index in [2.05, 4.69) is 5.32 Å². The van der Waals surface area contributed by atoms with E-state index in [0.29, 0.717) is 18.7 Å². The fraction of sp³-hybridized carbons (Fsp3) is 0.385. The molecule has 0 aliphatic carbocycles. The van der Waals surface area contributed by atoms with Gasteiger partial charge in [-0.15, -0.1) is 0 Å². The number of benzene rings is 1. The molecule has 1 fully saturated rings. The molecule has 1 aliphatic rings. The second-order valence-electron chi connectivity index (χ2n) is 4.30. The summed E-state index contributed by atoms with van der Waals surface area (Å²) in [5, 5.41) is 17.9. The van der Waals surface area contributed by atoms with E-state index < -0.39 is 23.7 Å². The first-order chi connectivity index (χ1) is 10.2. The molecule has 0 radical (unpaired) electrons. The molecule has 1 unspecified atom stereocenters. The summed E-state index contributed by atoms with van der Waals surface area (Å²) in [4.78, 5) is 18.2. The van der Waals surface area contributed by atoms with E-state index in [0.717, 1.165) is 18.7 Å². The number of carboxylic acids is 2. The zero-order valence-corrected chi connectivity index (χ0v) is 11.3. The van der Waals surface area contributed by atoms with Crippen LogP contribution >= 0.6 is 0 Å². The monoisotopic (exact) mass is 321 g/mol. The van der Waals surface area contributed by atoms with Gasteiger partial charge in [-0.05, 0) is 17.7 Å². The van der Waals surface area contributed by atoms with Crippen molar-refractivity contribution in [1.82, 2.24) is 5.32 Å². The highest BCUT2D eigenvalue weighted by atomic mass is 19.4. The van der Waals surface area contributed by atoms with E-state index in [-0.39, 0.29) is 6.10 Å². The number of alkyl halides is 3. The Morgan fingerprint density at radius 1 is 1.23 bits per heavy atom. The third kappa shape index (κ3) is 5.70. The number of halogens is 3. The summed E-state index contributed by atoms with van der Waals surface area (Å²) in [6.07, 6.45) is -4.57. The maximum atomic E-state index is 12.5. The van der Waals surface area contributed by atoms with Crippen LogP contribution in [0, 0.1) is 0 Å². The number of carbonyl (C=O) groups is 2. The lowest BCUT2D eigenvalue weighted by molar-refractivity contribution is -0.159. The van der Waals surface area contributed by atoms with Crippen LogP contribution < -0.4 is 5.32 Å². The number of aliphatic carboxylic acids is 2. The van der Waals surface area contributed by atoms with Gasteiger partial charge in [0.05, 0.1) is 18.3 Å². The minimum atomic E-state index is -4.29. The molecule has 0 aromatic heterocycles. The second-order valence-corrected chi connectivity index (χ2v) is 4.30. The zero-order valence-electron chi connectivity index (χ0n) is 11.3. The van der Waals surface area contributed by atoms with E-state index >= 15 is 0 Å². The predicted molar refractivity (Wildman–Crippen MR) is 68.3 cm³/mol. The number of ether oxygens (including phenoxy) is 1. The molecule has 122 valence electrons. The fourth-order valence-electron chi connectivity index (χ4n) is 1.69. The van der Waals surface area contributed by atoms with Crippen molar-refractivity contribution in [2.45, 2.75) is 12.3 Å². The molecule has 1 atom stereocenters. The first-order valence-corrected chi connectivity index (χ1v) is 6.17. The second kappa shape index (κ2) is 7.76. The van der Waals surface area contributed by atoms with E-state index in [1.54, 1.807) is 6.07 Å². The van der Waals surface area contributed by atoms with Crippen molar-refractivity contribution < 1.29 is 37.7 Å². The van der Waals surface area contributed by atoms with Gasteiger partial charge in [-0.3, -0.25) is 0 Å². The standard InChI is InChI=1S/C11H12F3NO.C2H2O4/c12-11(13,14)9-3-1-2-8(6-9)10-7-15-4-5-16-10;3-1(4)2(5)6/h1-3,6,10,15H,4-5,7H2;(H,3,4)(H,5,6). The maximum absolute atomic E-state index is 12.5. The minimum absolute atomic E-state index is 0.281. The van der Waals surface area contributed by atoms with Crippen LogP contribution in [0.15, 0.2) is 24.3 Å². The van der Waals surface area contributed by atoms with Crippen molar-refractivity contribution in [2.75, 3.05) is 19.7 Å². The highest BCUT2D eigenvalue weighted by molar-refractivity contribution is 6.27. The van der Waals surface area contributed by atoms with Crippen LogP contribution in [0.25, 0.3) is 0 Å². The topological polar surface area (TPSA) is 95.9 Å². The SMILES string of the molecule is FC(F)(F)c1cccc(C2CNCCO2)c1.O=C(O)C(=O)O. The van der Waals surface area contributed by atoms with Gasteiger partial charge in [-0.2, -0.15) is 13.2 Å². The van der Waals surface area contributed by atoms with Gasteiger partial charge in [-0.1, -0.05) is 12.1 Å². The van der Waals surface area contributed by atoms with Crippen LogP contribution in [0.5, 0.6) is 0 Å². The Kier molecular flexibility index (Phi) is 6.32. The van der Waals surface area contributed by atoms with Crippen LogP contribution in [-0.4, -0.2) is 41.8 Å². The van der Waals surface area contributed by atoms with E-state index in [4.69, 9.17) is 24.5 Å². The summed E-state index contributed by atoms with van der Waals surface area (Å²) in [6.45, 7) is 1.83. The normalized spacial score (nSPS) is 18.0. The lowest BCUT2D eigenvalue weighted by Crippen LogP contribution is -2.33. The smallest absolute Gasteiger partial charge is 0.416 e. The van der Waals surface area contributed by atoms with Gasteiger partial charge in [0.15, 0.2) is 0 Å². The van der Waals surface area contributed by atoms with Gasteiger partial charge in [0.25, 0.3) is 0 Å². The molecule has 1 saturated heterocycles. The highest BCUT2D eigenvalue weighted by Gasteiger charge is 2.31. The number of hydrogen-bond acceptors (Lipinski definition) is 4. The van der Waals surface area contributed by atoms with Crippen LogP contribution in [0.2, 0.25) is 0 Å². The van der Waals surface area contributed by atoms with Crippen molar-refractivity contribution >= 4 is 11.9 Å². The Bertz CT molecular complexity index is 515. The Labute approximate surface area is 123 Å². The van der Waals surface area contributed by atoms with Crippen LogP contribution in [0.1, 0.15) is 17.2 Å². The van der Waals surface area contributed by atoms with E-state index in [1.165, 1.54) is 6.07 Å². The third-order valence-corrected chi connectivity index (χ3v) is 2.70. The number of nitrogens with one attached hydrogen (secondary N) is 1. The molecule has 1 aliphatic heterocycles. The summed E-state index contributed by atoms with van der Waals surface area (Å²) >= 11 is 0. The molecule has 1 aromatic carbocycles. The molecular formula is C13H14F3NO5. The van der Waals surface area contributed by atoms with Crippen molar-refractivity contribution in [3.8, 4) is 0 Å². The highest BCUT2D eigenvalue weighted by Crippen LogP contribution is 2.31. The van der Waals surface area contributed by atoms with Crippen molar-refractivity contribution in [1.29, 1.82) is 0 Å². The summed E-state index contributed by atoms with van der Waals surface area (Å²) in [7, 11) is 0. The third-order valence-electron chi connectivity index (χ3n) is 2.70. The number of rotatable bonds is 1. The molecule has 1 aromatic rings. The van der Waals surface area contributed by atoms with Crippen molar-refractivity contribution in [3.63, 3.8) is 0 Å². The molecule has 0 amide bonds. The number of morpholine rings is 1. The predicted octanol–water partition coefficient (Wildman–Crippen LogP) is 1.52. The average Bonchev–Trinajstić information content (AvgIpc) is 2.48. The molecule has 2 rings (SSSR count). The molecular weight excluding hydrogens is 307 g/mol. The molecule has 0 bridgehead atoms. The quantitative estimate of drug-likeness (QED) is 0.679. The van der Waals surface area contributed by atoms with Gasteiger partial charge in [-0.25, -0.2) is 9.59 Å². The molecule has 0 spiro atoms. The summed E-state index contributed by atoms with van der Waals surface area (Å²) in [5.41, 5.74) is -0.0544. The van der Waals surface area contributed by atoms with Gasteiger partial charge in [0.1, 0.15) is 0 Å². The zero-order chi connectivity index (χ0) is 16.8. The summed E-state index contributed by atoms with van der Waals surface area (Å²) in [5.74, 6) is -3.65. The van der Waals surface area contributed by atoms with Gasteiger partial charge >= 0.3 is 18.1 Å². The molecule has 3 N–H and O–H groups in total. The number of carboxylic acid groups (broad SMARTS) is 2. The van der Waals surface area contributed by atoms with Gasteiger partial charge in [0, 0.05) is 13.1 Å². The Balaban J connectivity index is 0.000000346. The average molecular weight is 321 g/mol. The van der Waals surface area contributed by atoms with Gasteiger partial charge < -0.3 is 20.3 Å². The van der Waals surface area contributed by atoms with Crippen LogP contribution in [0.3, 0.4) is 0 Å². The summed E-state index contributed by atoms with van der Waals surface area (Å²) < 4.78 is 42.8. The molecule has 0 saturated carbocycles.